The fourth-order valence-corrected chi connectivity index (χ4v) is 3.43. The monoisotopic (exact) mass is 275 g/mol. The van der Waals surface area contributed by atoms with Crippen LogP contribution < -0.4 is 10.1 Å². The molecule has 1 aliphatic rings. The minimum Gasteiger partial charge on any atom is -0.496 e. The Labute approximate surface area is 123 Å². The van der Waals surface area contributed by atoms with Crippen LogP contribution in [0.4, 0.5) is 0 Å². The van der Waals surface area contributed by atoms with Crippen molar-refractivity contribution >= 4 is 0 Å². The summed E-state index contributed by atoms with van der Waals surface area (Å²) in [7, 11) is 1.77. The Hall–Kier alpha value is -1.02. The van der Waals surface area contributed by atoms with Crippen LogP contribution in [-0.2, 0) is 0 Å². The van der Waals surface area contributed by atoms with Crippen LogP contribution in [0.3, 0.4) is 0 Å². The van der Waals surface area contributed by atoms with Gasteiger partial charge in [-0.25, -0.2) is 0 Å². The third-order valence-electron chi connectivity index (χ3n) is 4.75. The van der Waals surface area contributed by atoms with E-state index >= 15 is 0 Å². The lowest BCUT2D eigenvalue weighted by Crippen LogP contribution is -2.33. The highest BCUT2D eigenvalue weighted by Gasteiger charge is 2.32. The van der Waals surface area contributed by atoms with Gasteiger partial charge in [-0.1, -0.05) is 39.0 Å². The van der Waals surface area contributed by atoms with E-state index in [2.05, 4.69) is 50.4 Å². The van der Waals surface area contributed by atoms with Crippen molar-refractivity contribution < 1.29 is 4.74 Å². The molecule has 20 heavy (non-hydrogen) atoms. The number of benzene rings is 1. The number of ether oxygens (including phenoxy) is 1. The van der Waals surface area contributed by atoms with Crippen molar-refractivity contribution in [1.29, 1.82) is 0 Å². The quantitative estimate of drug-likeness (QED) is 0.850. The van der Waals surface area contributed by atoms with Crippen LogP contribution in [0.25, 0.3) is 0 Å². The van der Waals surface area contributed by atoms with Gasteiger partial charge in [-0.05, 0) is 49.6 Å². The molecule has 0 heterocycles. The highest BCUT2D eigenvalue weighted by molar-refractivity contribution is 5.36. The van der Waals surface area contributed by atoms with Crippen molar-refractivity contribution in [3.63, 3.8) is 0 Å². The summed E-state index contributed by atoms with van der Waals surface area (Å²) in [5.74, 6) is 1.74. The van der Waals surface area contributed by atoms with Gasteiger partial charge in [-0.2, -0.15) is 0 Å². The number of para-hydroxylation sites is 1. The first-order valence-corrected chi connectivity index (χ1v) is 7.93. The maximum Gasteiger partial charge on any atom is 0.123 e. The summed E-state index contributed by atoms with van der Waals surface area (Å²) < 4.78 is 5.56. The van der Waals surface area contributed by atoms with E-state index in [0.717, 1.165) is 18.2 Å². The molecule has 0 bridgehead atoms. The molecule has 0 aliphatic heterocycles. The van der Waals surface area contributed by atoms with Crippen LogP contribution in [0.5, 0.6) is 5.75 Å². The van der Waals surface area contributed by atoms with Gasteiger partial charge in [-0.15, -0.1) is 0 Å². The van der Waals surface area contributed by atoms with Crippen LogP contribution >= 0.6 is 0 Å². The van der Waals surface area contributed by atoms with Crippen LogP contribution in [0, 0.1) is 11.3 Å². The van der Waals surface area contributed by atoms with Crippen LogP contribution in [0.2, 0.25) is 0 Å². The van der Waals surface area contributed by atoms with E-state index in [0.29, 0.717) is 11.5 Å². The summed E-state index contributed by atoms with van der Waals surface area (Å²) in [6.07, 6.45) is 5.27. The average Bonchev–Trinajstić information content (AvgIpc) is 2.45. The van der Waals surface area contributed by atoms with Gasteiger partial charge in [0.05, 0.1) is 7.11 Å². The van der Waals surface area contributed by atoms with Crippen molar-refractivity contribution in [3.05, 3.63) is 29.8 Å². The first-order chi connectivity index (χ1) is 9.57. The molecule has 1 saturated carbocycles. The number of hydrogen-bond acceptors (Lipinski definition) is 2. The number of nitrogens with one attached hydrogen (secondary N) is 1. The Kier molecular flexibility index (Phi) is 5.09. The molecule has 1 atom stereocenters. The van der Waals surface area contributed by atoms with Crippen molar-refractivity contribution in [2.75, 3.05) is 13.7 Å². The predicted octanol–water partition coefficient (Wildman–Crippen LogP) is 4.56. The average molecular weight is 275 g/mol. The standard InChI is InChI=1S/C18H29NO/c1-5-19-17(14-10-12-18(2,3)13-11-14)15-8-6-7-9-16(15)20-4/h6-9,14,17,19H,5,10-13H2,1-4H3. The molecule has 1 aromatic rings. The third-order valence-corrected chi connectivity index (χ3v) is 4.75. The molecule has 0 radical (unpaired) electrons. The molecule has 112 valence electrons. The number of hydrogen-bond donors (Lipinski definition) is 1. The Bertz CT molecular complexity index is 417. The summed E-state index contributed by atoms with van der Waals surface area (Å²) in [5, 5.41) is 3.69. The second-order valence-electron chi connectivity index (χ2n) is 6.78. The summed E-state index contributed by atoms with van der Waals surface area (Å²) in [6.45, 7) is 7.99. The minimum atomic E-state index is 0.423. The van der Waals surface area contributed by atoms with Crippen molar-refractivity contribution in [1.82, 2.24) is 5.32 Å². The fraction of sp³-hybridized carbons (Fsp3) is 0.667. The van der Waals surface area contributed by atoms with E-state index in [9.17, 15) is 0 Å². The normalized spacial score (nSPS) is 20.6. The van der Waals surface area contributed by atoms with Gasteiger partial charge >= 0.3 is 0 Å². The second-order valence-corrected chi connectivity index (χ2v) is 6.78. The first kappa shape index (κ1) is 15.4. The Morgan fingerprint density at radius 1 is 1.25 bits per heavy atom. The van der Waals surface area contributed by atoms with E-state index in [-0.39, 0.29) is 0 Å². The van der Waals surface area contributed by atoms with E-state index in [1.54, 1.807) is 7.11 Å². The second kappa shape index (κ2) is 6.62. The molecular formula is C18H29NO. The lowest BCUT2D eigenvalue weighted by atomic mass is 9.70. The van der Waals surface area contributed by atoms with Gasteiger partial charge in [0.15, 0.2) is 0 Å². The zero-order chi connectivity index (χ0) is 14.6. The molecule has 1 unspecified atom stereocenters. The van der Waals surface area contributed by atoms with Crippen molar-refractivity contribution in [2.45, 2.75) is 52.5 Å². The SMILES string of the molecule is CCNC(c1ccccc1OC)C1CCC(C)(C)CC1. The maximum absolute atomic E-state index is 5.56. The largest absolute Gasteiger partial charge is 0.496 e. The van der Waals surface area contributed by atoms with Crippen LogP contribution in [0.1, 0.15) is 58.1 Å². The number of methoxy groups -OCH3 is 1. The Morgan fingerprint density at radius 3 is 2.50 bits per heavy atom. The summed E-state index contributed by atoms with van der Waals surface area (Å²) in [5.41, 5.74) is 1.84. The molecule has 0 saturated heterocycles. The zero-order valence-corrected chi connectivity index (χ0v) is 13.4. The first-order valence-electron chi connectivity index (χ1n) is 7.93. The zero-order valence-electron chi connectivity index (χ0n) is 13.4. The molecule has 0 aromatic heterocycles. The van der Waals surface area contributed by atoms with Gasteiger partial charge in [-0.3, -0.25) is 0 Å². The topological polar surface area (TPSA) is 21.3 Å². The molecular weight excluding hydrogens is 246 g/mol. The Balaban J connectivity index is 2.19. The molecule has 1 aliphatic carbocycles. The van der Waals surface area contributed by atoms with Gasteiger partial charge in [0.25, 0.3) is 0 Å². The predicted molar refractivity (Wildman–Crippen MR) is 85.2 cm³/mol. The summed E-state index contributed by atoms with van der Waals surface area (Å²) in [6, 6.07) is 8.88. The number of rotatable bonds is 5. The lowest BCUT2D eigenvalue weighted by Gasteiger charge is -2.38. The Morgan fingerprint density at radius 2 is 1.90 bits per heavy atom. The van der Waals surface area contributed by atoms with Gasteiger partial charge in [0.2, 0.25) is 0 Å². The summed E-state index contributed by atoms with van der Waals surface area (Å²) in [4.78, 5) is 0. The van der Waals surface area contributed by atoms with Crippen LogP contribution in [-0.4, -0.2) is 13.7 Å². The third kappa shape index (κ3) is 3.54. The maximum atomic E-state index is 5.56. The molecule has 1 N–H and O–H groups in total. The van der Waals surface area contributed by atoms with E-state index < -0.39 is 0 Å². The molecule has 1 aromatic carbocycles. The highest BCUT2D eigenvalue weighted by Crippen LogP contribution is 2.44. The van der Waals surface area contributed by atoms with Crippen LogP contribution in [0.15, 0.2) is 24.3 Å². The van der Waals surface area contributed by atoms with Gasteiger partial charge < -0.3 is 10.1 Å². The minimum absolute atomic E-state index is 0.423. The molecule has 2 rings (SSSR count). The van der Waals surface area contributed by atoms with Crippen molar-refractivity contribution in [3.8, 4) is 5.75 Å². The van der Waals surface area contributed by atoms with E-state index in [4.69, 9.17) is 4.74 Å². The van der Waals surface area contributed by atoms with Gasteiger partial charge in [0, 0.05) is 11.6 Å². The highest BCUT2D eigenvalue weighted by atomic mass is 16.5. The molecule has 2 heteroatoms. The molecule has 2 nitrogen and oxygen atoms in total. The lowest BCUT2D eigenvalue weighted by molar-refractivity contribution is 0.161. The smallest absolute Gasteiger partial charge is 0.123 e. The molecule has 0 amide bonds. The molecule has 0 spiro atoms. The summed E-state index contributed by atoms with van der Waals surface area (Å²) >= 11 is 0. The van der Waals surface area contributed by atoms with E-state index in [1.807, 2.05) is 0 Å². The van der Waals surface area contributed by atoms with Crippen molar-refractivity contribution in [2.24, 2.45) is 11.3 Å². The molecule has 1 fully saturated rings. The fourth-order valence-electron chi connectivity index (χ4n) is 3.43. The van der Waals surface area contributed by atoms with E-state index in [1.165, 1.54) is 31.2 Å². The van der Waals surface area contributed by atoms with Gasteiger partial charge in [0.1, 0.15) is 5.75 Å².